The molecule has 0 aliphatic heterocycles. The molecule has 0 saturated carbocycles. The molecule has 2 rings (SSSR count). The van der Waals surface area contributed by atoms with E-state index in [0.29, 0.717) is 0 Å². The number of nitrogens with zero attached hydrogens (tertiary/aromatic N) is 1. The first-order valence-electron chi connectivity index (χ1n) is 3.49. The fourth-order valence-corrected chi connectivity index (χ4v) is 1.15. The van der Waals surface area contributed by atoms with Gasteiger partial charge in [-0.15, -0.1) is 12.4 Å². The van der Waals surface area contributed by atoms with E-state index in [1.807, 2.05) is 6.07 Å². The van der Waals surface area contributed by atoms with E-state index in [2.05, 4.69) is 4.98 Å². The summed E-state index contributed by atoms with van der Waals surface area (Å²) in [6.07, 6.45) is 1.76. The van der Waals surface area contributed by atoms with Crippen molar-refractivity contribution in [1.82, 2.24) is 4.98 Å². The Morgan fingerprint density at radius 2 is 2.08 bits per heavy atom. The van der Waals surface area contributed by atoms with Gasteiger partial charge >= 0.3 is 0 Å². The van der Waals surface area contributed by atoms with Gasteiger partial charge in [-0.3, -0.25) is 10.1 Å². The van der Waals surface area contributed by atoms with E-state index in [1.165, 1.54) is 6.07 Å². The molecule has 0 unspecified atom stereocenters. The molecular formula is C8H7ClN2O2. The summed E-state index contributed by atoms with van der Waals surface area (Å²) in [7, 11) is 0. The highest BCUT2D eigenvalue weighted by atomic mass is 35.5. The molecule has 0 aliphatic rings. The summed E-state index contributed by atoms with van der Waals surface area (Å²) < 4.78 is 0. The molecule has 0 spiro atoms. The van der Waals surface area contributed by atoms with Gasteiger partial charge in [-0.2, -0.15) is 0 Å². The molecule has 68 valence electrons. The van der Waals surface area contributed by atoms with Gasteiger partial charge in [0, 0.05) is 29.2 Å². The molecule has 13 heavy (non-hydrogen) atoms. The summed E-state index contributed by atoms with van der Waals surface area (Å²) in [6.45, 7) is 0. The van der Waals surface area contributed by atoms with Gasteiger partial charge < -0.3 is 4.98 Å². The number of nitro benzene ring substituents is 1. The number of non-ortho nitro benzene ring substituents is 1. The van der Waals surface area contributed by atoms with Crippen LogP contribution < -0.4 is 0 Å². The zero-order valence-electron chi connectivity index (χ0n) is 6.56. The van der Waals surface area contributed by atoms with Crippen LogP contribution in [0.25, 0.3) is 10.9 Å². The Morgan fingerprint density at radius 1 is 1.31 bits per heavy atom. The first-order valence-corrected chi connectivity index (χ1v) is 3.49. The van der Waals surface area contributed by atoms with Crippen LogP contribution in [-0.2, 0) is 0 Å². The van der Waals surface area contributed by atoms with E-state index < -0.39 is 4.92 Å². The number of H-pyrrole nitrogens is 1. The fraction of sp³-hybridized carbons (Fsp3) is 0. The monoisotopic (exact) mass is 198 g/mol. The number of nitrogens with one attached hydrogen (secondary N) is 1. The smallest absolute Gasteiger partial charge is 0.270 e. The van der Waals surface area contributed by atoms with Gasteiger partial charge in [0.15, 0.2) is 0 Å². The van der Waals surface area contributed by atoms with Crippen LogP contribution in [0.1, 0.15) is 0 Å². The maximum absolute atomic E-state index is 10.4. The van der Waals surface area contributed by atoms with E-state index in [0.717, 1.165) is 10.9 Å². The maximum atomic E-state index is 10.4. The Hall–Kier alpha value is -1.55. The van der Waals surface area contributed by atoms with Gasteiger partial charge in [0.25, 0.3) is 5.69 Å². The summed E-state index contributed by atoms with van der Waals surface area (Å²) >= 11 is 0. The zero-order valence-corrected chi connectivity index (χ0v) is 7.38. The molecule has 5 heteroatoms. The van der Waals surface area contributed by atoms with Gasteiger partial charge in [-0.1, -0.05) is 0 Å². The number of rotatable bonds is 1. The highest BCUT2D eigenvalue weighted by Crippen LogP contribution is 2.18. The van der Waals surface area contributed by atoms with Crippen molar-refractivity contribution in [3.63, 3.8) is 0 Å². The molecule has 0 atom stereocenters. The summed E-state index contributed by atoms with van der Waals surface area (Å²) in [6, 6.07) is 6.54. The van der Waals surface area contributed by atoms with Crippen LogP contribution in [0.2, 0.25) is 0 Å². The summed E-state index contributed by atoms with van der Waals surface area (Å²) in [4.78, 5) is 12.9. The minimum absolute atomic E-state index is 0. The van der Waals surface area contributed by atoms with Crippen LogP contribution in [0, 0.1) is 10.1 Å². The first-order chi connectivity index (χ1) is 5.77. The number of aromatic nitrogens is 1. The van der Waals surface area contributed by atoms with Crippen molar-refractivity contribution in [1.29, 1.82) is 0 Å². The third-order valence-corrected chi connectivity index (χ3v) is 1.75. The van der Waals surface area contributed by atoms with E-state index in [4.69, 9.17) is 0 Å². The molecule has 1 N–H and O–H groups in total. The molecule has 4 nitrogen and oxygen atoms in total. The molecule has 1 heterocycles. The van der Waals surface area contributed by atoms with Crippen LogP contribution in [0.3, 0.4) is 0 Å². The number of halogens is 1. The Morgan fingerprint density at radius 3 is 2.77 bits per heavy atom. The lowest BCUT2D eigenvalue weighted by Gasteiger charge is -1.90. The van der Waals surface area contributed by atoms with E-state index >= 15 is 0 Å². The van der Waals surface area contributed by atoms with Crippen molar-refractivity contribution in [3.05, 3.63) is 40.6 Å². The minimum Gasteiger partial charge on any atom is -0.361 e. The van der Waals surface area contributed by atoms with E-state index in [-0.39, 0.29) is 18.1 Å². The van der Waals surface area contributed by atoms with Gasteiger partial charge in [-0.25, -0.2) is 0 Å². The number of hydrogen-bond donors (Lipinski definition) is 1. The predicted molar refractivity (Wildman–Crippen MR) is 52.2 cm³/mol. The lowest BCUT2D eigenvalue weighted by Crippen LogP contribution is -1.86. The minimum atomic E-state index is -0.396. The fourth-order valence-electron chi connectivity index (χ4n) is 1.15. The third kappa shape index (κ3) is 1.62. The van der Waals surface area contributed by atoms with Crippen molar-refractivity contribution < 1.29 is 4.92 Å². The molecule has 0 fully saturated rings. The lowest BCUT2D eigenvalue weighted by molar-refractivity contribution is -0.384. The predicted octanol–water partition coefficient (Wildman–Crippen LogP) is 2.50. The van der Waals surface area contributed by atoms with Gasteiger partial charge in [-0.05, 0) is 12.1 Å². The van der Waals surface area contributed by atoms with Crippen molar-refractivity contribution in [2.75, 3.05) is 0 Å². The Bertz CT molecular complexity index is 438. The topological polar surface area (TPSA) is 58.9 Å². The third-order valence-electron chi connectivity index (χ3n) is 1.75. The average Bonchev–Trinajstić information content (AvgIpc) is 2.49. The molecule has 0 aliphatic carbocycles. The van der Waals surface area contributed by atoms with Gasteiger partial charge in [0.05, 0.1) is 4.92 Å². The SMILES string of the molecule is Cl.O=[N+]([O-])c1ccc2[nH]ccc2c1. The molecule has 1 aromatic carbocycles. The quantitative estimate of drug-likeness (QED) is 0.565. The molecule has 0 amide bonds. The Labute approximate surface area is 80.1 Å². The second-order valence-corrected chi connectivity index (χ2v) is 2.51. The largest absolute Gasteiger partial charge is 0.361 e. The maximum Gasteiger partial charge on any atom is 0.270 e. The summed E-state index contributed by atoms with van der Waals surface area (Å²) in [5, 5.41) is 11.2. The number of fused-ring (bicyclic) bond motifs is 1. The molecular weight excluding hydrogens is 192 g/mol. The standard InChI is InChI=1S/C8H6N2O2.ClH/c11-10(12)7-1-2-8-6(5-7)3-4-9-8;/h1-5,9H;1H. The molecule has 0 saturated heterocycles. The number of benzene rings is 1. The highest BCUT2D eigenvalue weighted by Gasteiger charge is 2.05. The van der Waals surface area contributed by atoms with Crippen molar-refractivity contribution in [2.45, 2.75) is 0 Å². The second kappa shape index (κ2) is 3.45. The van der Waals surface area contributed by atoms with Crippen LogP contribution in [-0.4, -0.2) is 9.91 Å². The molecule has 0 bridgehead atoms. The van der Waals surface area contributed by atoms with Gasteiger partial charge in [0.2, 0.25) is 0 Å². The first kappa shape index (κ1) is 9.54. The van der Waals surface area contributed by atoms with Crippen LogP contribution in [0.5, 0.6) is 0 Å². The number of nitro groups is 1. The average molecular weight is 199 g/mol. The Balaban J connectivity index is 0.000000845. The normalized spacial score (nSPS) is 9.54. The zero-order chi connectivity index (χ0) is 8.55. The second-order valence-electron chi connectivity index (χ2n) is 2.51. The van der Waals surface area contributed by atoms with Crippen LogP contribution >= 0.6 is 12.4 Å². The number of hydrogen-bond acceptors (Lipinski definition) is 2. The Kier molecular flexibility index (Phi) is 2.53. The molecule has 0 radical (unpaired) electrons. The lowest BCUT2D eigenvalue weighted by atomic mass is 10.2. The molecule has 2 aromatic rings. The van der Waals surface area contributed by atoms with Crippen LogP contribution in [0.4, 0.5) is 5.69 Å². The van der Waals surface area contributed by atoms with Crippen LogP contribution in [0.15, 0.2) is 30.5 Å². The number of aromatic amines is 1. The van der Waals surface area contributed by atoms with Gasteiger partial charge in [0.1, 0.15) is 0 Å². The van der Waals surface area contributed by atoms with Crippen molar-refractivity contribution in [3.8, 4) is 0 Å². The van der Waals surface area contributed by atoms with Crippen molar-refractivity contribution in [2.24, 2.45) is 0 Å². The molecule has 1 aromatic heterocycles. The summed E-state index contributed by atoms with van der Waals surface area (Å²) in [5.41, 5.74) is 1.04. The summed E-state index contributed by atoms with van der Waals surface area (Å²) in [5.74, 6) is 0. The van der Waals surface area contributed by atoms with E-state index in [9.17, 15) is 10.1 Å². The highest BCUT2D eigenvalue weighted by molar-refractivity contribution is 5.85. The van der Waals surface area contributed by atoms with E-state index in [1.54, 1.807) is 18.3 Å². The van der Waals surface area contributed by atoms with Crippen molar-refractivity contribution >= 4 is 29.0 Å².